The van der Waals surface area contributed by atoms with Gasteiger partial charge >= 0.3 is 0 Å². The van der Waals surface area contributed by atoms with E-state index in [0.29, 0.717) is 11.4 Å². The van der Waals surface area contributed by atoms with Gasteiger partial charge in [0.25, 0.3) is 0 Å². The molecule has 4 heterocycles. The van der Waals surface area contributed by atoms with Crippen LogP contribution in [0.25, 0.3) is 115 Å². The Hall–Kier alpha value is -7.34. The number of hydrogen-bond acceptors (Lipinski definition) is 4. The van der Waals surface area contributed by atoms with Crippen molar-refractivity contribution in [2.75, 3.05) is 0 Å². The Morgan fingerprint density at radius 2 is 1.09 bits per heavy atom. The van der Waals surface area contributed by atoms with Crippen molar-refractivity contribution < 1.29 is 4.42 Å². The minimum Gasteiger partial charge on any atom is -0.452 e. The first-order valence-electron chi connectivity index (χ1n) is 19.2. The van der Waals surface area contributed by atoms with E-state index in [1.54, 1.807) is 0 Å². The molecule has 0 atom stereocenters. The summed E-state index contributed by atoms with van der Waals surface area (Å²) >= 11 is 1.82. The quantitative estimate of drug-likeness (QED) is 0.176. The van der Waals surface area contributed by atoms with Crippen molar-refractivity contribution in [3.05, 3.63) is 188 Å². The van der Waals surface area contributed by atoms with Crippen molar-refractivity contribution in [1.29, 1.82) is 0 Å². The van der Waals surface area contributed by atoms with Crippen LogP contribution in [0.15, 0.2) is 192 Å². The standard InChI is InChI=1S/C52H31N3OS/c1-3-13-32(14-4-1)33-25-27-34(28-26-33)52-53-49(51-50(54-52)40-18-8-10-23-44(40)56-51)35-29-30-41-46(31-35)57-45-24-12-20-38(48(41)45)37-19-11-22-43-47(37)39-17-7-9-21-42(39)55(43)36-15-5-2-6-16-36/h1-31H. The van der Waals surface area contributed by atoms with Gasteiger partial charge in [-0.1, -0.05) is 140 Å². The number of thiophene rings is 1. The summed E-state index contributed by atoms with van der Waals surface area (Å²) in [4.78, 5) is 10.4. The summed E-state index contributed by atoms with van der Waals surface area (Å²) < 4.78 is 11.4. The highest BCUT2D eigenvalue weighted by Crippen LogP contribution is 2.46. The van der Waals surface area contributed by atoms with Crippen LogP contribution in [0.5, 0.6) is 0 Å². The molecule has 4 aromatic heterocycles. The van der Waals surface area contributed by atoms with E-state index < -0.39 is 0 Å². The minimum atomic E-state index is 0.671. The SMILES string of the molecule is c1ccc(-c2ccc(-c3nc(-c4ccc5c(c4)sc4cccc(-c6cccc7c6c6ccccc6n7-c6ccccc6)c45)c4oc5ccccc5c4n3)cc2)cc1. The molecule has 57 heavy (non-hydrogen) atoms. The second-order valence-electron chi connectivity index (χ2n) is 14.5. The number of benzene rings is 8. The summed E-state index contributed by atoms with van der Waals surface area (Å²) in [6, 6.07) is 66.7. The van der Waals surface area contributed by atoms with Gasteiger partial charge in [0.15, 0.2) is 11.4 Å². The largest absolute Gasteiger partial charge is 0.452 e. The van der Waals surface area contributed by atoms with E-state index in [1.807, 2.05) is 35.6 Å². The first-order chi connectivity index (χ1) is 28.3. The van der Waals surface area contributed by atoms with Crippen LogP contribution in [0.1, 0.15) is 0 Å². The lowest BCUT2D eigenvalue weighted by Gasteiger charge is -2.10. The lowest BCUT2D eigenvalue weighted by atomic mass is 9.95. The maximum atomic E-state index is 6.54. The smallest absolute Gasteiger partial charge is 0.180 e. The fourth-order valence-corrected chi connectivity index (χ4v) is 9.83. The van der Waals surface area contributed by atoms with Crippen molar-refractivity contribution in [3.63, 3.8) is 0 Å². The van der Waals surface area contributed by atoms with E-state index in [9.17, 15) is 0 Å². The van der Waals surface area contributed by atoms with Crippen LogP contribution in [0, 0.1) is 0 Å². The van der Waals surface area contributed by atoms with Crippen LogP contribution >= 0.6 is 11.3 Å². The lowest BCUT2D eigenvalue weighted by Crippen LogP contribution is -1.94. The zero-order chi connectivity index (χ0) is 37.5. The molecule has 0 fully saturated rings. The van der Waals surface area contributed by atoms with Gasteiger partial charge in [0.2, 0.25) is 0 Å². The molecule has 0 saturated heterocycles. The van der Waals surface area contributed by atoms with Crippen molar-refractivity contribution >= 4 is 75.4 Å². The van der Waals surface area contributed by atoms with E-state index in [-0.39, 0.29) is 0 Å². The molecule has 0 aliphatic carbocycles. The third kappa shape index (κ3) is 4.99. The van der Waals surface area contributed by atoms with Crippen LogP contribution in [0.3, 0.4) is 0 Å². The van der Waals surface area contributed by atoms with Gasteiger partial charge in [-0.15, -0.1) is 11.3 Å². The summed E-state index contributed by atoms with van der Waals surface area (Å²) in [5, 5.41) is 5.98. The Morgan fingerprint density at radius 1 is 0.439 bits per heavy atom. The lowest BCUT2D eigenvalue weighted by molar-refractivity contribution is 0.667. The maximum absolute atomic E-state index is 6.54. The normalized spacial score (nSPS) is 11.9. The zero-order valence-electron chi connectivity index (χ0n) is 30.6. The van der Waals surface area contributed by atoms with Crippen molar-refractivity contribution in [2.45, 2.75) is 0 Å². The van der Waals surface area contributed by atoms with Gasteiger partial charge in [0.05, 0.1) is 11.0 Å². The predicted molar refractivity (Wildman–Crippen MR) is 238 cm³/mol. The number of aromatic nitrogens is 3. The van der Waals surface area contributed by atoms with Crippen LogP contribution in [-0.4, -0.2) is 14.5 Å². The third-order valence-electron chi connectivity index (χ3n) is 11.2. The molecule has 0 radical (unpaired) electrons. The van der Waals surface area contributed by atoms with Gasteiger partial charge in [0.1, 0.15) is 16.8 Å². The Kier molecular flexibility index (Phi) is 7.06. The second kappa shape index (κ2) is 12.6. The highest BCUT2D eigenvalue weighted by atomic mass is 32.1. The molecule has 0 aliphatic rings. The first-order valence-corrected chi connectivity index (χ1v) is 20.0. The number of nitrogens with zero attached hydrogens (tertiary/aromatic N) is 3. The molecular formula is C52H31N3OS. The average molecular weight is 746 g/mol. The molecule has 12 aromatic rings. The molecule has 0 unspecified atom stereocenters. The van der Waals surface area contributed by atoms with Crippen LogP contribution in [-0.2, 0) is 0 Å². The second-order valence-corrected chi connectivity index (χ2v) is 15.6. The maximum Gasteiger partial charge on any atom is 0.180 e. The zero-order valence-corrected chi connectivity index (χ0v) is 31.4. The summed E-state index contributed by atoms with van der Waals surface area (Å²) in [7, 11) is 0. The van der Waals surface area contributed by atoms with Crippen molar-refractivity contribution in [1.82, 2.24) is 14.5 Å². The molecule has 0 amide bonds. The Bertz CT molecular complexity index is 3510. The minimum absolute atomic E-state index is 0.671. The van der Waals surface area contributed by atoms with Crippen molar-refractivity contribution in [2.24, 2.45) is 0 Å². The Labute approximate surface area is 331 Å². The van der Waals surface area contributed by atoms with Gasteiger partial charge in [0, 0.05) is 53.1 Å². The van der Waals surface area contributed by atoms with Gasteiger partial charge in [-0.2, -0.15) is 0 Å². The molecule has 266 valence electrons. The number of furan rings is 1. The summed E-state index contributed by atoms with van der Waals surface area (Å²) in [6.45, 7) is 0. The average Bonchev–Trinajstić information content (AvgIpc) is 3.96. The monoisotopic (exact) mass is 745 g/mol. The Balaban J connectivity index is 1.04. The number of hydrogen-bond donors (Lipinski definition) is 0. The predicted octanol–water partition coefficient (Wildman–Crippen LogP) is 14.5. The summed E-state index contributed by atoms with van der Waals surface area (Å²) in [5.41, 5.74) is 13.4. The first kappa shape index (κ1) is 32.0. The molecular weight excluding hydrogens is 715 g/mol. The number of para-hydroxylation sites is 3. The molecule has 0 bridgehead atoms. The molecule has 0 N–H and O–H groups in total. The van der Waals surface area contributed by atoms with E-state index >= 15 is 0 Å². The van der Waals surface area contributed by atoms with Crippen LogP contribution < -0.4 is 0 Å². The van der Waals surface area contributed by atoms with E-state index in [0.717, 1.165) is 44.6 Å². The van der Waals surface area contributed by atoms with Gasteiger partial charge in [-0.3, -0.25) is 0 Å². The Morgan fingerprint density at radius 3 is 1.93 bits per heavy atom. The molecule has 0 saturated carbocycles. The van der Waals surface area contributed by atoms with Crippen LogP contribution in [0.4, 0.5) is 0 Å². The van der Waals surface area contributed by atoms with Gasteiger partial charge < -0.3 is 8.98 Å². The number of fused-ring (bicyclic) bond motifs is 9. The summed E-state index contributed by atoms with van der Waals surface area (Å²) in [5.74, 6) is 0.671. The van der Waals surface area contributed by atoms with E-state index in [1.165, 1.54) is 58.7 Å². The van der Waals surface area contributed by atoms with Crippen LogP contribution in [0.2, 0.25) is 0 Å². The molecule has 8 aromatic carbocycles. The topological polar surface area (TPSA) is 43.9 Å². The fraction of sp³-hybridized carbons (Fsp3) is 0. The van der Waals surface area contributed by atoms with Gasteiger partial charge in [-0.25, -0.2) is 9.97 Å². The summed E-state index contributed by atoms with van der Waals surface area (Å²) in [6.07, 6.45) is 0. The number of rotatable bonds is 5. The molecule has 5 heteroatoms. The van der Waals surface area contributed by atoms with Gasteiger partial charge in [-0.05, 0) is 70.8 Å². The molecule has 12 rings (SSSR count). The highest BCUT2D eigenvalue weighted by molar-refractivity contribution is 7.26. The fourth-order valence-electron chi connectivity index (χ4n) is 8.65. The molecule has 0 aliphatic heterocycles. The molecule has 0 spiro atoms. The highest BCUT2D eigenvalue weighted by Gasteiger charge is 2.21. The van der Waals surface area contributed by atoms with Crippen molar-refractivity contribution in [3.8, 4) is 50.6 Å². The molecule has 4 nitrogen and oxygen atoms in total. The third-order valence-corrected chi connectivity index (χ3v) is 12.4. The van der Waals surface area contributed by atoms with E-state index in [4.69, 9.17) is 14.4 Å². The van der Waals surface area contributed by atoms with E-state index in [2.05, 4.69) is 168 Å².